The number of hydrogen-bond acceptors (Lipinski definition) is 3. The Morgan fingerprint density at radius 3 is 2.59 bits per heavy atom. The maximum atomic E-state index is 13.8. The van der Waals surface area contributed by atoms with Gasteiger partial charge >= 0.3 is 6.18 Å². The fourth-order valence-electron chi connectivity index (χ4n) is 2.85. The zero-order valence-electron chi connectivity index (χ0n) is 15.0. The van der Waals surface area contributed by atoms with Crippen molar-refractivity contribution < 1.29 is 17.6 Å². The van der Waals surface area contributed by atoms with Crippen molar-refractivity contribution in [2.45, 2.75) is 33.5 Å². The highest BCUT2D eigenvalue weighted by Crippen LogP contribution is 2.26. The molecule has 9 heteroatoms. The first-order chi connectivity index (χ1) is 12.6. The molecule has 27 heavy (non-hydrogen) atoms. The summed E-state index contributed by atoms with van der Waals surface area (Å²) in [5, 5.41) is 4.68. The van der Waals surface area contributed by atoms with Crippen molar-refractivity contribution in [1.29, 1.82) is 0 Å². The number of aromatic nitrogens is 1. The maximum Gasteiger partial charge on any atom is 0.406 e. The number of nitrogens with zero attached hydrogens (tertiary/aromatic N) is 3. The fraction of sp³-hybridized carbons (Fsp3) is 0.333. The molecule has 0 saturated carbocycles. The van der Waals surface area contributed by atoms with E-state index in [9.17, 15) is 17.6 Å². The summed E-state index contributed by atoms with van der Waals surface area (Å²) in [7, 11) is 0. The van der Waals surface area contributed by atoms with Crippen molar-refractivity contribution in [3.05, 3.63) is 52.6 Å². The summed E-state index contributed by atoms with van der Waals surface area (Å²) in [4.78, 5) is 4.23. The van der Waals surface area contributed by atoms with Crippen molar-refractivity contribution in [3.63, 3.8) is 0 Å². The van der Waals surface area contributed by atoms with E-state index in [0.29, 0.717) is 33.6 Å². The molecule has 0 spiro atoms. The second-order valence-corrected chi connectivity index (χ2v) is 7.28. The number of nitrogens with one attached hydrogen (secondary N) is 1. The van der Waals surface area contributed by atoms with Crippen molar-refractivity contribution >= 4 is 28.3 Å². The lowest BCUT2D eigenvalue weighted by Gasteiger charge is -2.16. The van der Waals surface area contributed by atoms with Gasteiger partial charge in [-0.25, -0.2) is 9.38 Å². The Morgan fingerprint density at radius 1 is 1.22 bits per heavy atom. The molecule has 0 fully saturated rings. The van der Waals surface area contributed by atoms with E-state index < -0.39 is 18.5 Å². The number of halogens is 4. The molecule has 0 radical (unpaired) electrons. The Bertz CT molecular complexity index is 928. The van der Waals surface area contributed by atoms with E-state index in [-0.39, 0.29) is 5.69 Å². The highest BCUT2D eigenvalue weighted by Gasteiger charge is 2.30. The molecule has 0 aliphatic carbocycles. The van der Waals surface area contributed by atoms with E-state index in [1.54, 1.807) is 32.0 Å². The monoisotopic (exact) mass is 398 g/mol. The van der Waals surface area contributed by atoms with Gasteiger partial charge in [0.1, 0.15) is 18.0 Å². The van der Waals surface area contributed by atoms with Crippen LogP contribution in [0.5, 0.6) is 0 Å². The van der Waals surface area contributed by atoms with E-state index in [1.165, 1.54) is 22.4 Å². The van der Waals surface area contributed by atoms with E-state index in [4.69, 9.17) is 0 Å². The minimum absolute atomic E-state index is 0.215. The van der Waals surface area contributed by atoms with Gasteiger partial charge in [0, 0.05) is 22.7 Å². The fourth-order valence-corrected chi connectivity index (χ4v) is 3.61. The number of rotatable bonds is 3. The van der Waals surface area contributed by atoms with Gasteiger partial charge in [0.05, 0.1) is 5.71 Å². The summed E-state index contributed by atoms with van der Waals surface area (Å²) in [6, 6.07) is 6.35. The van der Waals surface area contributed by atoms with E-state index >= 15 is 0 Å². The smallest absolute Gasteiger partial charge is 0.339 e. The van der Waals surface area contributed by atoms with Gasteiger partial charge in [-0.05, 0) is 44.5 Å². The molecule has 1 aliphatic rings. The van der Waals surface area contributed by atoms with Crippen LogP contribution in [0.25, 0.3) is 0 Å². The summed E-state index contributed by atoms with van der Waals surface area (Å²) in [6.45, 7) is 4.10. The average molecular weight is 398 g/mol. The minimum Gasteiger partial charge on any atom is -0.339 e. The summed E-state index contributed by atoms with van der Waals surface area (Å²) in [5.41, 5.74) is 6.20. The lowest BCUT2D eigenvalue weighted by molar-refractivity contribution is -0.141. The van der Waals surface area contributed by atoms with Gasteiger partial charge in [-0.1, -0.05) is 17.8 Å². The third-order valence-electron chi connectivity index (χ3n) is 4.18. The molecule has 4 nitrogen and oxygen atoms in total. The Balaban J connectivity index is 1.83. The zero-order chi connectivity index (χ0) is 19.8. The molecule has 3 rings (SSSR count). The van der Waals surface area contributed by atoms with Gasteiger partial charge in [0.15, 0.2) is 5.17 Å². The number of alkyl halides is 3. The number of aryl methyl sites for hydroxylation is 2. The van der Waals surface area contributed by atoms with Crippen LogP contribution in [0.1, 0.15) is 22.5 Å². The quantitative estimate of drug-likeness (QED) is 0.752. The predicted molar refractivity (Wildman–Crippen MR) is 100 cm³/mol. The topological polar surface area (TPSA) is 41.7 Å². The number of amidine groups is 1. The molecule has 0 atom stereocenters. The number of thioether (sulfide) groups is 1. The van der Waals surface area contributed by atoms with Crippen molar-refractivity contribution in [2.24, 2.45) is 10.1 Å². The number of hydrogen-bond donors (Lipinski definition) is 1. The van der Waals surface area contributed by atoms with Gasteiger partial charge in [0.2, 0.25) is 0 Å². The third kappa shape index (κ3) is 4.52. The maximum absolute atomic E-state index is 13.8. The Morgan fingerprint density at radius 2 is 1.96 bits per heavy atom. The first kappa shape index (κ1) is 19.5. The van der Waals surface area contributed by atoms with Crippen LogP contribution in [-0.4, -0.2) is 27.4 Å². The Labute approximate surface area is 158 Å². The second-order valence-electron chi connectivity index (χ2n) is 6.32. The van der Waals surface area contributed by atoms with Crippen LogP contribution >= 0.6 is 11.8 Å². The van der Waals surface area contributed by atoms with Crippen LogP contribution < -0.4 is 5.43 Å². The molecule has 1 aromatic heterocycles. The number of aliphatic imine (C=N–C) groups is 1. The normalized spacial score (nSPS) is 16.4. The highest BCUT2D eigenvalue weighted by molar-refractivity contribution is 8.14. The molecule has 2 aromatic rings. The summed E-state index contributed by atoms with van der Waals surface area (Å²) < 4.78 is 53.3. The molecule has 0 saturated heterocycles. The molecular weight excluding hydrogens is 380 g/mol. The Hall–Kier alpha value is -2.29. The highest BCUT2D eigenvalue weighted by atomic mass is 32.2. The van der Waals surface area contributed by atoms with E-state index in [0.717, 1.165) is 5.56 Å². The van der Waals surface area contributed by atoms with Gasteiger partial charge in [-0.2, -0.15) is 18.3 Å². The van der Waals surface area contributed by atoms with Crippen LogP contribution in [0.2, 0.25) is 0 Å². The van der Waals surface area contributed by atoms with Gasteiger partial charge < -0.3 is 4.57 Å². The summed E-state index contributed by atoms with van der Waals surface area (Å²) in [5.74, 6) is -0.00348. The molecule has 1 aromatic carbocycles. The van der Waals surface area contributed by atoms with E-state index in [1.807, 2.05) is 6.92 Å². The summed E-state index contributed by atoms with van der Waals surface area (Å²) >= 11 is 1.32. The van der Waals surface area contributed by atoms with Crippen molar-refractivity contribution in [1.82, 2.24) is 9.99 Å². The standard InChI is InChI=1S/C18H18F4N4S/c1-10-4-5-14(19)15(6-10)23-17-25-24-16(8-27-17)13-7-11(2)26(12(13)3)9-18(20,21)22/h4-7H,8-9H2,1-3H3,(H,23,25). The number of benzene rings is 1. The molecule has 0 amide bonds. The second kappa shape index (κ2) is 7.38. The van der Waals surface area contributed by atoms with E-state index in [2.05, 4.69) is 15.5 Å². The molecule has 144 valence electrons. The largest absolute Gasteiger partial charge is 0.406 e. The molecule has 1 aliphatic heterocycles. The third-order valence-corrected chi connectivity index (χ3v) is 5.05. The van der Waals surface area contributed by atoms with Crippen molar-refractivity contribution in [2.75, 3.05) is 5.75 Å². The van der Waals surface area contributed by atoms with Crippen LogP contribution in [-0.2, 0) is 6.54 Å². The van der Waals surface area contributed by atoms with Crippen LogP contribution in [0, 0.1) is 26.6 Å². The van der Waals surface area contributed by atoms with Crippen LogP contribution in [0.3, 0.4) is 0 Å². The van der Waals surface area contributed by atoms with Crippen LogP contribution in [0.4, 0.5) is 23.2 Å². The lowest BCUT2D eigenvalue weighted by Crippen LogP contribution is -2.26. The first-order valence-electron chi connectivity index (χ1n) is 8.18. The SMILES string of the molecule is Cc1ccc(F)c(N=C2NN=C(c3cc(C)n(CC(F)(F)F)c3C)CS2)c1. The molecule has 2 heterocycles. The average Bonchev–Trinajstić information content (AvgIpc) is 2.86. The molecule has 0 unspecified atom stereocenters. The van der Waals surface area contributed by atoms with Crippen LogP contribution in [0.15, 0.2) is 34.4 Å². The predicted octanol–water partition coefficient (Wildman–Crippen LogP) is 4.84. The first-order valence-corrected chi connectivity index (χ1v) is 9.16. The number of hydrazone groups is 1. The van der Waals surface area contributed by atoms with Gasteiger partial charge in [-0.3, -0.25) is 5.43 Å². The molecule has 0 bridgehead atoms. The minimum atomic E-state index is -4.29. The molecular formula is C18H18F4N4S. The van der Waals surface area contributed by atoms with Gasteiger partial charge in [-0.15, -0.1) is 0 Å². The molecule has 1 N–H and O–H groups in total. The summed E-state index contributed by atoms with van der Waals surface area (Å²) in [6.07, 6.45) is -4.29. The van der Waals surface area contributed by atoms with Gasteiger partial charge in [0.25, 0.3) is 0 Å². The zero-order valence-corrected chi connectivity index (χ0v) is 15.8. The Kier molecular flexibility index (Phi) is 5.32. The lowest BCUT2D eigenvalue weighted by atomic mass is 10.1. The van der Waals surface area contributed by atoms with Crippen molar-refractivity contribution in [3.8, 4) is 0 Å².